The lowest BCUT2D eigenvalue weighted by Crippen LogP contribution is -2.16. The third-order valence-corrected chi connectivity index (χ3v) is 4.79. The summed E-state index contributed by atoms with van der Waals surface area (Å²) in [6.07, 6.45) is 1.22. The minimum atomic E-state index is 0.0442. The Kier molecular flexibility index (Phi) is 5.82. The second-order valence-corrected chi connectivity index (χ2v) is 6.28. The summed E-state index contributed by atoms with van der Waals surface area (Å²) >= 11 is 0. The molecule has 0 atom stereocenters. The van der Waals surface area contributed by atoms with Crippen LogP contribution in [0.5, 0.6) is 34.5 Å². The quantitative estimate of drug-likeness (QED) is 0.787. The van der Waals surface area contributed by atoms with Gasteiger partial charge in [0.15, 0.2) is 23.0 Å². The van der Waals surface area contributed by atoms with Gasteiger partial charge in [-0.05, 0) is 35.7 Å². The van der Waals surface area contributed by atoms with Gasteiger partial charge in [0.2, 0.25) is 11.5 Å². The van der Waals surface area contributed by atoms with Crippen LogP contribution in [0.2, 0.25) is 0 Å². The van der Waals surface area contributed by atoms with Crippen molar-refractivity contribution < 1.29 is 28.8 Å². The fraction of sp³-hybridized carbons (Fsp3) is 0.381. The predicted molar refractivity (Wildman–Crippen MR) is 106 cm³/mol. The number of phenols is 1. The van der Waals surface area contributed by atoms with Gasteiger partial charge in [-0.25, -0.2) is 0 Å². The highest BCUT2D eigenvalue weighted by atomic mass is 16.5. The Hall–Kier alpha value is -3.09. The highest BCUT2D eigenvalue weighted by Crippen LogP contribution is 2.44. The van der Waals surface area contributed by atoms with E-state index in [1.807, 2.05) is 18.2 Å². The fourth-order valence-electron chi connectivity index (χ4n) is 3.51. The van der Waals surface area contributed by atoms with Crippen LogP contribution in [0.1, 0.15) is 16.7 Å². The summed E-state index contributed by atoms with van der Waals surface area (Å²) < 4.78 is 27.0. The van der Waals surface area contributed by atoms with Gasteiger partial charge in [-0.15, -0.1) is 0 Å². The van der Waals surface area contributed by atoms with Crippen molar-refractivity contribution >= 4 is 5.71 Å². The van der Waals surface area contributed by atoms with Crippen LogP contribution >= 0.6 is 0 Å². The number of aromatic hydroxyl groups is 1. The van der Waals surface area contributed by atoms with Crippen LogP contribution in [-0.2, 0) is 12.8 Å². The zero-order chi connectivity index (χ0) is 20.3. The molecule has 0 saturated heterocycles. The Bertz CT molecular complexity index is 881. The Morgan fingerprint density at radius 1 is 0.821 bits per heavy atom. The summed E-state index contributed by atoms with van der Waals surface area (Å²) in [6.45, 7) is 0.641. The van der Waals surface area contributed by atoms with E-state index in [4.69, 9.17) is 23.7 Å². The zero-order valence-electron chi connectivity index (χ0n) is 16.8. The molecule has 3 rings (SSSR count). The summed E-state index contributed by atoms with van der Waals surface area (Å²) in [5.41, 5.74) is 3.37. The standard InChI is InChI=1S/C21H25NO6/c1-24-15-9-12(10-16(25-2)20(15)27-4)8-14-18-13(6-7-22-14)11-17(26-3)21(28-5)19(18)23/h9-11,23H,6-8H2,1-5H3. The molecule has 2 aromatic rings. The first-order valence-corrected chi connectivity index (χ1v) is 8.87. The number of fused-ring (bicyclic) bond motifs is 1. The first kappa shape index (κ1) is 19.7. The van der Waals surface area contributed by atoms with Crippen molar-refractivity contribution in [1.29, 1.82) is 0 Å². The molecule has 7 heteroatoms. The maximum Gasteiger partial charge on any atom is 0.203 e. The maximum atomic E-state index is 10.8. The molecule has 2 aromatic carbocycles. The van der Waals surface area contributed by atoms with Gasteiger partial charge >= 0.3 is 0 Å². The molecular weight excluding hydrogens is 362 g/mol. The largest absolute Gasteiger partial charge is 0.504 e. The third-order valence-electron chi connectivity index (χ3n) is 4.79. The molecule has 0 amide bonds. The van der Waals surface area contributed by atoms with Crippen molar-refractivity contribution in [2.24, 2.45) is 4.99 Å². The molecule has 0 fully saturated rings. The summed E-state index contributed by atoms with van der Waals surface area (Å²) in [4.78, 5) is 4.66. The summed E-state index contributed by atoms with van der Waals surface area (Å²) in [6, 6.07) is 5.67. The van der Waals surface area contributed by atoms with Crippen molar-refractivity contribution in [3.63, 3.8) is 0 Å². The van der Waals surface area contributed by atoms with E-state index < -0.39 is 0 Å². The molecule has 1 N–H and O–H groups in total. The average molecular weight is 387 g/mol. The number of hydrogen-bond donors (Lipinski definition) is 1. The highest BCUT2D eigenvalue weighted by Gasteiger charge is 2.25. The number of rotatable bonds is 7. The molecule has 0 aromatic heterocycles. The first-order chi connectivity index (χ1) is 13.6. The lowest BCUT2D eigenvalue weighted by atomic mass is 9.92. The molecular formula is C21H25NO6. The average Bonchev–Trinajstić information content (AvgIpc) is 2.72. The summed E-state index contributed by atoms with van der Waals surface area (Å²) in [5.74, 6) is 2.54. The van der Waals surface area contributed by atoms with Crippen LogP contribution in [0.25, 0.3) is 0 Å². The molecule has 0 aliphatic carbocycles. The van der Waals surface area contributed by atoms with E-state index in [-0.39, 0.29) is 5.75 Å². The topological polar surface area (TPSA) is 78.7 Å². The normalized spacial score (nSPS) is 12.7. The van der Waals surface area contributed by atoms with E-state index in [9.17, 15) is 5.11 Å². The molecule has 0 unspecified atom stereocenters. The van der Waals surface area contributed by atoms with E-state index >= 15 is 0 Å². The minimum Gasteiger partial charge on any atom is -0.504 e. The van der Waals surface area contributed by atoms with E-state index in [2.05, 4.69) is 4.99 Å². The molecule has 1 aliphatic heterocycles. The lowest BCUT2D eigenvalue weighted by Gasteiger charge is -2.22. The second-order valence-electron chi connectivity index (χ2n) is 6.28. The Morgan fingerprint density at radius 3 is 1.93 bits per heavy atom. The van der Waals surface area contributed by atoms with Gasteiger partial charge in [0.1, 0.15) is 0 Å². The van der Waals surface area contributed by atoms with Crippen molar-refractivity contribution in [2.45, 2.75) is 12.8 Å². The lowest BCUT2D eigenvalue weighted by molar-refractivity contribution is 0.324. The number of nitrogens with zero attached hydrogens (tertiary/aromatic N) is 1. The zero-order valence-corrected chi connectivity index (χ0v) is 16.8. The van der Waals surface area contributed by atoms with Crippen LogP contribution < -0.4 is 23.7 Å². The Morgan fingerprint density at radius 2 is 1.39 bits per heavy atom. The predicted octanol–water partition coefficient (Wildman–Crippen LogP) is 3.02. The van der Waals surface area contributed by atoms with Crippen molar-refractivity contribution in [3.8, 4) is 34.5 Å². The molecule has 28 heavy (non-hydrogen) atoms. The number of ether oxygens (including phenoxy) is 5. The SMILES string of the molecule is COc1cc(CC2=NCCc3cc(OC)c(OC)c(O)c32)cc(OC)c1OC. The van der Waals surface area contributed by atoms with Crippen LogP contribution in [0.15, 0.2) is 23.2 Å². The Balaban J connectivity index is 2.05. The van der Waals surface area contributed by atoms with Gasteiger partial charge in [-0.3, -0.25) is 4.99 Å². The molecule has 1 aliphatic rings. The van der Waals surface area contributed by atoms with Crippen LogP contribution in [0.3, 0.4) is 0 Å². The highest BCUT2D eigenvalue weighted by molar-refractivity contribution is 6.07. The van der Waals surface area contributed by atoms with E-state index in [0.717, 1.165) is 23.3 Å². The van der Waals surface area contributed by atoms with Gasteiger partial charge in [-0.2, -0.15) is 0 Å². The smallest absolute Gasteiger partial charge is 0.203 e. The molecule has 1 heterocycles. The van der Waals surface area contributed by atoms with Crippen LogP contribution in [0, 0.1) is 0 Å². The monoisotopic (exact) mass is 387 g/mol. The number of hydrogen-bond acceptors (Lipinski definition) is 7. The van der Waals surface area contributed by atoms with E-state index in [0.29, 0.717) is 47.3 Å². The van der Waals surface area contributed by atoms with E-state index in [1.165, 1.54) is 7.11 Å². The number of methoxy groups -OCH3 is 5. The number of phenolic OH excluding ortho intramolecular Hbond substituents is 1. The van der Waals surface area contributed by atoms with Gasteiger partial charge in [0, 0.05) is 18.5 Å². The molecule has 0 bridgehead atoms. The molecule has 0 radical (unpaired) electrons. The number of aliphatic imine (C=N–C) groups is 1. The number of benzene rings is 2. The van der Waals surface area contributed by atoms with Crippen molar-refractivity contribution in [2.75, 3.05) is 42.1 Å². The Labute approximate surface area is 164 Å². The third kappa shape index (κ3) is 3.40. The molecule has 7 nitrogen and oxygen atoms in total. The second kappa shape index (κ2) is 8.29. The minimum absolute atomic E-state index is 0.0442. The van der Waals surface area contributed by atoms with Crippen molar-refractivity contribution in [1.82, 2.24) is 0 Å². The molecule has 0 spiro atoms. The van der Waals surface area contributed by atoms with Gasteiger partial charge in [0.05, 0.1) is 41.3 Å². The van der Waals surface area contributed by atoms with Crippen LogP contribution in [0.4, 0.5) is 0 Å². The fourth-order valence-corrected chi connectivity index (χ4v) is 3.51. The maximum absolute atomic E-state index is 10.8. The summed E-state index contributed by atoms with van der Waals surface area (Å²) in [5, 5.41) is 10.8. The molecule has 150 valence electrons. The van der Waals surface area contributed by atoms with Gasteiger partial charge in [0.25, 0.3) is 0 Å². The van der Waals surface area contributed by atoms with Gasteiger partial charge in [-0.1, -0.05) is 0 Å². The van der Waals surface area contributed by atoms with Gasteiger partial charge < -0.3 is 28.8 Å². The van der Waals surface area contributed by atoms with Crippen molar-refractivity contribution in [3.05, 3.63) is 34.9 Å². The van der Waals surface area contributed by atoms with Crippen LogP contribution in [-0.4, -0.2) is 52.9 Å². The summed E-state index contributed by atoms with van der Waals surface area (Å²) in [7, 11) is 7.79. The first-order valence-electron chi connectivity index (χ1n) is 8.87. The molecule has 0 saturated carbocycles. The van der Waals surface area contributed by atoms with E-state index in [1.54, 1.807) is 28.4 Å².